The summed E-state index contributed by atoms with van der Waals surface area (Å²) in [6.07, 6.45) is 2.48. The second-order valence-electron chi connectivity index (χ2n) is 4.79. The molecule has 0 amide bonds. The Labute approximate surface area is 109 Å². The lowest BCUT2D eigenvalue weighted by atomic mass is 10.0. The zero-order chi connectivity index (χ0) is 12.8. The van der Waals surface area contributed by atoms with Crippen molar-refractivity contribution in [3.63, 3.8) is 0 Å². The second-order valence-corrected chi connectivity index (χ2v) is 4.79. The van der Waals surface area contributed by atoms with Crippen LogP contribution in [-0.4, -0.2) is 19.8 Å². The number of nitrogens with one attached hydrogen (secondary N) is 1. The van der Waals surface area contributed by atoms with Crippen molar-refractivity contribution < 1.29 is 9.47 Å². The number of hydrogen-bond donors (Lipinski definition) is 1. The van der Waals surface area contributed by atoms with Gasteiger partial charge in [-0.15, -0.1) is 0 Å². The van der Waals surface area contributed by atoms with Gasteiger partial charge < -0.3 is 14.8 Å². The molecule has 1 aliphatic heterocycles. The molecule has 1 aromatic carbocycles. The minimum Gasteiger partial charge on any atom is -0.486 e. The summed E-state index contributed by atoms with van der Waals surface area (Å²) in [4.78, 5) is 0. The highest BCUT2D eigenvalue weighted by molar-refractivity contribution is 5.43. The Hall–Kier alpha value is -1.22. The van der Waals surface area contributed by atoms with E-state index in [4.69, 9.17) is 9.47 Å². The number of fused-ring (bicyclic) bond motifs is 1. The zero-order valence-corrected chi connectivity index (χ0v) is 11.4. The molecular weight excluding hydrogens is 226 g/mol. The highest BCUT2D eigenvalue weighted by atomic mass is 16.6. The zero-order valence-electron chi connectivity index (χ0n) is 11.4. The Morgan fingerprint density at radius 1 is 1.11 bits per heavy atom. The molecule has 3 heteroatoms. The standard InChI is InChI=1S/C15H23NO2/c1-3-12(4-2)10-16-11-13-5-6-14-15(9-13)18-8-7-17-14/h5-6,9,12,16H,3-4,7-8,10-11H2,1-2H3. The highest BCUT2D eigenvalue weighted by Gasteiger charge is 2.11. The van der Waals surface area contributed by atoms with Crippen molar-refractivity contribution in [2.24, 2.45) is 5.92 Å². The Morgan fingerprint density at radius 3 is 2.56 bits per heavy atom. The van der Waals surface area contributed by atoms with Crippen LogP contribution >= 0.6 is 0 Å². The van der Waals surface area contributed by atoms with Crippen molar-refractivity contribution in [1.82, 2.24) is 5.32 Å². The molecule has 3 nitrogen and oxygen atoms in total. The van der Waals surface area contributed by atoms with Crippen molar-refractivity contribution in [3.05, 3.63) is 23.8 Å². The summed E-state index contributed by atoms with van der Waals surface area (Å²) >= 11 is 0. The molecular formula is C15H23NO2. The molecule has 1 aromatic rings. The minimum absolute atomic E-state index is 0.650. The van der Waals surface area contributed by atoms with Crippen molar-refractivity contribution in [2.45, 2.75) is 33.2 Å². The van der Waals surface area contributed by atoms with Crippen LogP contribution in [0.5, 0.6) is 11.5 Å². The van der Waals surface area contributed by atoms with Crippen molar-refractivity contribution in [2.75, 3.05) is 19.8 Å². The summed E-state index contributed by atoms with van der Waals surface area (Å²) < 4.78 is 11.1. The van der Waals surface area contributed by atoms with Crippen LogP contribution in [0.1, 0.15) is 32.3 Å². The molecule has 100 valence electrons. The van der Waals surface area contributed by atoms with Gasteiger partial charge in [0.25, 0.3) is 0 Å². The molecule has 0 radical (unpaired) electrons. The Balaban J connectivity index is 1.86. The van der Waals surface area contributed by atoms with E-state index in [2.05, 4.69) is 31.3 Å². The predicted octanol–water partition coefficient (Wildman–Crippen LogP) is 2.98. The lowest BCUT2D eigenvalue weighted by Gasteiger charge is -2.19. The number of rotatable bonds is 6. The molecule has 0 unspecified atom stereocenters. The topological polar surface area (TPSA) is 30.5 Å². The van der Waals surface area contributed by atoms with E-state index in [-0.39, 0.29) is 0 Å². The Morgan fingerprint density at radius 2 is 1.83 bits per heavy atom. The van der Waals surface area contributed by atoms with Crippen LogP contribution in [0.3, 0.4) is 0 Å². The van der Waals surface area contributed by atoms with Gasteiger partial charge in [-0.3, -0.25) is 0 Å². The van der Waals surface area contributed by atoms with Gasteiger partial charge in [-0.1, -0.05) is 32.8 Å². The van der Waals surface area contributed by atoms with Crippen LogP contribution in [0, 0.1) is 5.92 Å². The second kappa shape index (κ2) is 6.64. The van der Waals surface area contributed by atoms with Gasteiger partial charge in [0, 0.05) is 6.54 Å². The summed E-state index contributed by atoms with van der Waals surface area (Å²) in [5.74, 6) is 2.52. The van der Waals surface area contributed by atoms with Crippen LogP contribution in [-0.2, 0) is 6.54 Å². The molecule has 0 aromatic heterocycles. The van der Waals surface area contributed by atoms with Crippen molar-refractivity contribution in [3.8, 4) is 11.5 Å². The van der Waals surface area contributed by atoms with Crippen molar-refractivity contribution >= 4 is 0 Å². The van der Waals surface area contributed by atoms with E-state index < -0.39 is 0 Å². The SMILES string of the molecule is CCC(CC)CNCc1ccc2c(c1)OCCO2. The van der Waals surface area contributed by atoms with Crippen LogP contribution < -0.4 is 14.8 Å². The van der Waals surface area contributed by atoms with E-state index in [0.717, 1.165) is 30.5 Å². The average molecular weight is 249 g/mol. The van der Waals surface area contributed by atoms with E-state index in [9.17, 15) is 0 Å². The summed E-state index contributed by atoms with van der Waals surface area (Å²) in [5.41, 5.74) is 1.25. The average Bonchev–Trinajstić information content (AvgIpc) is 2.43. The molecule has 0 atom stereocenters. The van der Waals surface area contributed by atoms with E-state index in [1.807, 2.05) is 6.07 Å². The van der Waals surface area contributed by atoms with Crippen LogP contribution in [0.15, 0.2) is 18.2 Å². The third kappa shape index (κ3) is 3.39. The van der Waals surface area contributed by atoms with Gasteiger partial charge in [0.1, 0.15) is 13.2 Å². The Kier molecular flexibility index (Phi) is 4.88. The third-order valence-electron chi connectivity index (χ3n) is 3.52. The maximum Gasteiger partial charge on any atom is 0.161 e. The fourth-order valence-electron chi connectivity index (χ4n) is 2.20. The molecule has 18 heavy (non-hydrogen) atoms. The lowest BCUT2D eigenvalue weighted by molar-refractivity contribution is 0.171. The largest absolute Gasteiger partial charge is 0.486 e. The van der Waals surface area contributed by atoms with Gasteiger partial charge in [-0.2, -0.15) is 0 Å². The van der Waals surface area contributed by atoms with E-state index in [0.29, 0.717) is 13.2 Å². The highest BCUT2D eigenvalue weighted by Crippen LogP contribution is 2.30. The first kappa shape index (κ1) is 13.2. The summed E-state index contributed by atoms with van der Waals surface area (Å²) in [7, 11) is 0. The fourth-order valence-corrected chi connectivity index (χ4v) is 2.20. The van der Waals surface area contributed by atoms with Gasteiger partial charge in [-0.25, -0.2) is 0 Å². The van der Waals surface area contributed by atoms with Crippen molar-refractivity contribution in [1.29, 1.82) is 0 Å². The molecule has 0 saturated carbocycles. The first-order chi connectivity index (χ1) is 8.83. The number of hydrogen-bond acceptors (Lipinski definition) is 3. The molecule has 0 saturated heterocycles. The molecule has 1 aliphatic rings. The smallest absolute Gasteiger partial charge is 0.161 e. The normalized spacial score (nSPS) is 13.9. The quantitative estimate of drug-likeness (QED) is 0.840. The first-order valence-electron chi connectivity index (χ1n) is 6.92. The van der Waals surface area contributed by atoms with Gasteiger partial charge in [-0.05, 0) is 30.2 Å². The Bertz CT molecular complexity index is 375. The van der Waals surface area contributed by atoms with Gasteiger partial charge in [0.2, 0.25) is 0 Å². The molecule has 1 heterocycles. The lowest BCUT2D eigenvalue weighted by Crippen LogP contribution is -2.22. The summed E-state index contributed by atoms with van der Waals surface area (Å²) in [5, 5.41) is 3.51. The summed E-state index contributed by atoms with van der Waals surface area (Å²) in [6.45, 7) is 7.78. The molecule has 0 fully saturated rings. The molecule has 0 bridgehead atoms. The van der Waals surface area contributed by atoms with Crippen LogP contribution in [0.25, 0.3) is 0 Å². The van der Waals surface area contributed by atoms with E-state index >= 15 is 0 Å². The maximum atomic E-state index is 5.58. The van der Waals surface area contributed by atoms with Crippen LogP contribution in [0.2, 0.25) is 0 Å². The van der Waals surface area contributed by atoms with E-state index in [1.54, 1.807) is 0 Å². The van der Waals surface area contributed by atoms with Gasteiger partial charge in [0.15, 0.2) is 11.5 Å². The first-order valence-corrected chi connectivity index (χ1v) is 6.92. The molecule has 1 N–H and O–H groups in total. The molecule has 0 aliphatic carbocycles. The fraction of sp³-hybridized carbons (Fsp3) is 0.600. The molecule has 2 rings (SSSR count). The maximum absolute atomic E-state index is 5.58. The minimum atomic E-state index is 0.650. The predicted molar refractivity (Wildman–Crippen MR) is 73.2 cm³/mol. The monoisotopic (exact) mass is 249 g/mol. The third-order valence-corrected chi connectivity index (χ3v) is 3.52. The summed E-state index contributed by atoms with van der Waals surface area (Å²) in [6, 6.07) is 6.18. The van der Waals surface area contributed by atoms with Crippen LogP contribution in [0.4, 0.5) is 0 Å². The number of benzene rings is 1. The van der Waals surface area contributed by atoms with Gasteiger partial charge in [0.05, 0.1) is 0 Å². The number of ether oxygens (including phenoxy) is 2. The molecule has 0 spiro atoms. The van der Waals surface area contributed by atoms with E-state index in [1.165, 1.54) is 18.4 Å². The van der Waals surface area contributed by atoms with Gasteiger partial charge >= 0.3 is 0 Å².